The molecule has 0 aliphatic rings. The Morgan fingerprint density at radius 2 is 1.84 bits per heavy atom. The summed E-state index contributed by atoms with van der Waals surface area (Å²) in [5.74, 6) is 0.960. The minimum Gasteiger partial charge on any atom is -0.496 e. The van der Waals surface area contributed by atoms with Crippen molar-refractivity contribution in [1.29, 1.82) is 0 Å². The third-order valence-corrected chi connectivity index (χ3v) is 3.30. The van der Waals surface area contributed by atoms with Gasteiger partial charge in [0, 0.05) is 18.2 Å². The maximum absolute atomic E-state index is 5.97. The summed E-state index contributed by atoms with van der Waals surface area (Å²) in [6, 6.07) is 6.33. The van der Waals surface area contributed by atoms with Crippen LogP contribution in [0.3, 0.4) is 0 Å². The van der Waals surface area contributed by atoms with Gasteiger partial charge in [-0.1, -0.05) is 19.9 Å². The van der Waals surface area contributed by atoms with Crippen LogP contribution in [0.5, 0.6) is 5.75 Å². The highest BCUT2D eigenvalue weighted by Crippen LogP contribution is 2.24. The average molecular weight is 264 g/mol. The summed E-state index contributed by atoms with van der Waals surface area (Å²) < 4.78 is 5.47. The van der Waals surface area contributed by atoms with Gasteiger partial charge in [-0.25, -0.2) is 0 Å². The molecular formula is C16H28N2O. The summed E-state index contributed by atoms with van der Waals surface area (Å²) in [4.78, 5) is 2.48. The third kappa shape index (κ3) is 4.84. The van der Waals surface area contributed by atoms with E-state index < -0.39 is 0 Å². The average Bonchev–Trinajstić information content (AvgIpc) is 2.39. The van der Waals surface area contributed by atoms with Gasteiger partial charge in [-0.3, -0.25) is 4.90 Å². The van der Waals surface area contributed by atoms with Crippen LogP contribution in [0.15, 0.2) is 18.2 Å². The first kappa shape index (κ1) is 16.0. The molecule has 108 valence electrons. The first-order valence-corrected chi connectivity index (χ1v) is 7.27. The number of hydrogen-bond donors (Lipinski definition) is 1. The maximum Gasteiger partial charge on any atom is 0.123 e. The zero-order chi connectivity index (χ0) is 14.3. The Bertz CT molecular complexity index is 371. The lowest BCUT2D eigenvalue weighted by Crippen LogP contribution is -2.25. The van der Waals surface area contributed by atoms with E-state index in [4.69, 9.17) is 10.5 Å². The first-order valence-electron chi connectivity index (χ1n) is 7.27. The van der Waals surface area contributed by atoms with E-state index in [0.717, 1.165) is 25.4 Å². The van der Waals surface area contributed by atoms with Crippen LogP contribution in [0.2, 0.25) is 0 Å². The van der Waals surface area contributed by atoms with E-state index in [1.54, 1.807) is 7.11 Å². The van der Waals surface area contributed by atoms with E-state index in [0.29, 0.717) is 0 Å². The Kier molecular flexibility index (Phi) is 6.89. The Balaban J connectivity index is 2.91. The molecule has 0 aromatic heterocycles. The molecule has 0 saturated heterocycles. The maximum atomic E-state index is 5.97. The third-order valence-electron chi connectivity index (χ3n) is 3.30. The van der Waals surface area contributed by atoms with Gasteiger partial charge in [-0.2, -0.15) is 0 Å². The van der Waals surface area contributed by atoms with Crippen molar-refractivity contribution >= 4 is 0 Å². The molecule has 3 heteroatoms. The van der Waals surface area contributed by atoms with E-state index in [-0.39, 0.29) is 6.04 Å². The largest absolute Gasteiger partial charge is 0.496 e. The van der Waals surface area contributed by atoms with Crippen molar-refractivity contribution in [2.24, 2.45) is 5.73 Å². The zero-order valence-corrected chi connectivity index (χ0v) is 12.8. The molecule has 0 saturated carbocycles. The fourth-order valence-electron chi connectivity index (χ4n) is 2.35. The van der Waals surface area contributed by atoms with Crippen LogP contribution >= 0.6 is 0 Å². The van der Waals surface area contributed by atoms with Crippen molar-refractivity contribution in [3.8, 4) is 5.75 Å². The van der Waals surface area contributed by atoms with Gasteiger partial charge in [0.1, 0.15) is 5.75 Å². The number of hydrogen-bond acceptors (Lipinski definition) is 3. The quantitative estimate of drug-likeness (QED) is 0.782. The van der Waals surface area contributed by atoms with Crippen molar-refractivity contribution in [3.05, 3.63) is 29.3 Å². The fourth-order valence-corrected chi connectivity index (χ4v) is 2.35. The lowest BCUT2D eigenvalue weighted by atomic mass is 10.0. The molecule has 1 aromatic rings. The van der Waals surface area contributed by atoms with Crippen LogP contribution in [0.4, 0.5) is 0 Å². The lowest BCUT2D eigenvalue weighted by Gasteiger charge is -2.23. The molecule has 19 heavy (non-hydrogen) atoms. The SMILES string of the molecule is CCCN(CCC)Cc1cc(C(C)N)ccc1OC. The van der Waals surface area contributed by atoms with E-state index in [9.17, 15) is 0 Å². The summed E-state index contributed by atoms with van der Waals surface area (Å²) in [5.41, 5.74) is 8.37. The van der Waals surface area contributed by atoms with E-state index in [1.165, 1.54) is 24.0 Å². The molecule has 0 fully saturated rings. The number of ether oxygens (including phenoxy) is 1. The second-order valence-corrected chi connectivity index (χ2v) is 5.14. The Hall–Kier alpha value is -1.06. The van der Waals surface area contributed by atoms with Gasteiger partial charge >= 0.3 is 0 Å². The van der Waals surface area contributed by atoms with Crippen molar-refractivity contribution < 1.29 is 4.74 Å². The normalized spacial score (nSPS) is 12.7. The Morgan fingerprint density at radius 1 is 1.21 bits per heavy atom. The van der Waals surface area contributed by atoms with Crippen LogP contribution in [-0.4, -0.2) is 25.1 Å². The molecule has 0 amide bonds. The Labute approximate surface area is 117 Å². The highest BCUT2D eigenvalue weighted by molar-refractivity contribution is 5.38. The molecule has 0 aliphatic carbocycles. The summed E-state index contributed by atoms with van der Waals surface area (Å²) in [7, 11) is 1.73. The van der Waals surface area contributed by atoms with Gasteiger partial charge < -0.3 is 10.5 Å². The molecule has 0 aliphatic heterocycles. The predicted octanol–water partition coefficient (Wildman–Crippen LogP) is 3.34. The molecule has 0 heterocycles. The Morgan fingerprint density at radius 3 is 2.32 bits per heavy atom. The number of rotatable bonds is 8. The summed E-state index contributed by atoms with van der Waals surface area (Å²) >= 11 is 0. The lowest BCUT2D eigenvalue weighted by molar-refractivity contribution is 0.262. The van der Waals surface area contributed by atoms with Crippen molar-refractivity contribution in [2.45, 2.75) is 46.2 Å². The zero-order valence-electron chi connectivity index (χ0n) is 12.8. The highest BCUT2D eigenvalue weighted by atomic mass is 16.5. The van der Waals surface area contributed by atoms with Gasteiger partial charge in [-0.05, 0) is 50.6 Å². The molecule has 1 rings (SSSR count). The number of benzene rings is 1. The topological polar surface area (TPSA) is 38.5 Å². The summed E-state index contributed by atoms with van der Waals surface area (Å²) in [6.07, 6.45) is 2.35. The number of nitrogens with two attached hydrogens (primary N) is 1. The molecule has 0 bridgehead atoms. The molecule has 0 spiro atoms. The van der Waals surface area contributed by atoms with Crippen LogP contribution in [-0.2, 0) is 6.54 Å². The standard InChI is InChI=1S/C16H28N2O/c1-5-9-18(10-6-2)12-15-11-14(13(3)17)7-8-16(15)19-4/h7-8,11,13H,5-6,9-10,12,17H2,1-4H3. The summed E-state index contributed by atoms with van der Waals surface area (Å²) in [6.45, 7) is 9.64. The van der Waals surface area contributed by atoms with Gasteiger partial charge in [0.15, 0.2) is 0 Å². The van der Waals surface area contributed by atoms with Crippen molar-refractivity contribution in [1.82, 2.24) is 4.90 Å². The van der Waals surface area contributed by atoms with Crippen molar-refractivity contribution in [3.63, 3.8) is 0 Å². The second-order valence-electron chi connectivity index (χ2n) is 5.14. The van der Waals surface area contributed by atoms with Crippen LogP contribution in [0, 0.1) is 0 Å². The second kappa shape index (κ2) is 8.18. The molecular weight excluding hydrogens is 236 g/mol. The molecule has 1 atom stereocenters. The smallest absolute Gasteiger partial charge is 0.123 e. The van der Waals surface area contributed by atoms with Crippen LogP contribution in [0.25, 0.3) is 0 Å². The van der Waals surface area contributed by atoms with Crippen LogP contribution in [0.1, 0.15) is 50.8 Å². The monoisotopic (exact) mass is 264 g/mol. The van der Waals surface area contributed by atoms with Gasteiger partial charge in [0.2, 0.25) is 0 Å². The molecule has 0 radical (unpaired) electrons. The van der Waals surface area contributed by atoms with Gasteiger partial charge in [-0.15, -0.1) is 0 Å². The van der Waals surface area contributed by atoms with Crippen LogP contribution < -0.4 is 10.5 Å². The minimum absolute atomic E-state index is 0.0652. The van der Waals surface area contributed by atoms with E-state index in [1.807, 2.05) is 13.0 Å². The number of methoxy groups -OCH3 is 1. The molecule has 2 N–H and O–H groups in total. The van der Waals surface area contributed by atoms with Gasteiger partial charge in [0.05, 0.1) is 7.11 Å². The fraction of sp³-hybridized carbons (Fsp3) is 0.625. The molecule has 1 aromatic carbocycles. The first-order chi connectivity index (χ1) is 9.12. The summed E-state index contributed by atoms with van der Waals surface area (Å²) in [5, 5.41) is 0. The molecule has 1 unspecified atom stereocenters. The van der Waals surface area contributed by atoms with Crippen molar-refractivity contribution in [2.75, 3.05) is 20.2 Å². The minimum atomic E-state index is 0.0652. The number of nitrogens with zero attached hydrogens (tertiary/aromatic N) is 1. The predicted molar refractivity (Wildman–Crippen MR) is 81.5 cm³/mol. The molecule has 3 nitrogen and oxygen atoms in total. The van der Waals surface area contributed by atoms with Gasteiger partial charge in [0.25, 0.3) is 0 Å². The highest BCUT2D eigenvalue weighted by Gasteiger charge is 2.11. The van der Waals surface area contributed by atoms with E-state index >= 15 is 0 Å². The van der Waals surface area contributed by atoms with E-state index in [2.05, 4.69) is 30.9 Å².